The molecule has 8 aromatic rings. The normalized spacial score (nSPS) is 19.6. The van der Waals surface area contributed by atoms with Crippen LogP contribution < -0.4 is 36.3 Å². The second kappa shape index (κ2) is 14.5. The Morgan fingerprint density at radius 2 is 0.969 bits per heavy atom. The van der Waals surface area contributed by atoms with Gasteiger partial charge < -0.3 is 0 Å². The third kappa shape index (κ3) is 5.79. The Morgan fingerprint density at radius 3 is 1.64 bits per heavy atom. The Hall–Kier alpha value is -6.56. The van der Waals surface area contributed by atoms with Gasteiger partial charge in [0.05, 0.1) is 0 Å². The van der Waals surface area contributed by atoms with Crippen LogP contribution in [-0.4, -0.2) is 20.3 Å². The van der Waals surface area contributed by atoms with Crippen LogP contribution in [0.1, 0.15) is 45.1 Å². The molecule has 0 saturated heterocycles. The van der Waals surface area contributed by atoms with Gasteiger partial charge in [-0.25, -0.2) is 0 Å². The molecule has 1 saturated carbocycles. The van der Waals surface area contributed by atoms with Crippen LogP contribution >= 0.6 is 0 Å². The van der Waals surface area contributed by atoms with Crippen LogP contribution in [0.4, 0.5) is 45.5 Å². The number of rotatable bonds is 6. The molecule has 0 radical (unpaired) electrons. The molecule has 64 heavy (non-hydrogen) atoms. The molecule has 3 aliphatic heterocycles. The van der Waals surface area contributed by atoms with Crippen LogP contribution in [0.5, 0.6) is 0 Å². The van der Waals surface area contributed by atoms with Crippen molar-refractivity contribution in [1.82, 2.24) is 0 Å². The second-order valence-corrected chi connectivity index (χ2v) is 26.3. The van der Waals surface area contributed by atoms with Gasteiger partial charge in [0.1, 0.15) is 0 Å². The minimum atomic E-state index is -1.90. The number of nitrogens with zero attached hydrogens (tertiary/aromatic N) is 3. The van der Waals surface area contributed by atoms with Crippen molar-refractivity contribution < 1.29 is 0 Å². The van der Waals surface area contributed by atoms with E-state index < -0.39 is 8.07 Å². The topological polar surface area (TPSA) is 9.72 Å². The van der Waals surface area contributed by atoms with Crippen molar-refractivity contribution in [2.45, 2.75) is 70.1 Å². The van der Waals surface area contributed by atoms with Crippen LogP contribution in [0, 0.1) is 0 Å². The summed E-state index contributed by atoms with van der Waals surface area (Å²) in [4.78, 5) is 7.95. The Labute approximate surface area is 380 Å². The second-order valence-electron chi connectivity index (χ2n) is 20.5. The number of anilines is 8. The zero-order valence-electron chi connectivity index (χ0n) is 37.7. The Morgan fingerprint density at radius 1 is 0.438 bits per heavy atom. The van der Waals surface area contributed by atoms with Crippen molar-refractivity contribution in [3.63, 3.8) is 0 Å². The average Bonchev–Trinajstić information content (AvgIpc) is 3.54. The van der Waals surface area contributed by atoms with Crippen molar-refractivity contribution >= 4 is 81.9 Å². The molecule has 8 aromatic carbocycles. The fourth-order valence-electron chi connectivity index (χ4n) is 12.1. The maximum absolute atomic E-state index is 2.80. The van der Waals surface area contributed by atoms with Crippen LogP contribution in [0.15, 0.2) is 188 Å². The van der Waals surface area contributed by atoms with Crippen LogP contribution in [0.25, 0.3) is 22.3 Å². The summed E-state index contributed by atoms with van der Waals surface area (Å²) in [5.41, 5.74) is 20.3. The zero-order valence-corrected chi connectivity index (χ0v) is 38.9. The first kappa shape index (κ1) is 39.1. The van der Waals surface area contributed by atoms with E-state index in [1.807, 2.05) is 0 Å². The predicted octanol–water partition coefficient (Wildman–Crippen LogP) is 13.1. The van der Waals surface area contributed by atoms with Gasteiger partial charge in [0.15, 0.2) is 0 Å². The van der Waals surface area contributed by atoms with E-state index in [1.165, 1.54) is 97.7 Å². The van der Waals surface area contributed by atoms with Gasteiger partial charge in [-0.1, -0.05) is 72.8 Å². The average molecular weight is 845 g/mol. The Bertz CT molecular complexity index is 3090. The third-order valence-electron chi connectivity index (χ3n) is 15.7. The van der Waals surface area contributed by atoms with Crippen molar-refractivity contribution in [3.8, 4) is 22.3 Å². The monoisotopic (exact) mass is 844 g/mol. The van der Waals surface area contributed by atoms with E-state index in [0.29, 0.717) is 0 Å². The maximum atomic E-state index is 2.80. The molecule has 0 spiro atoms. The molecule has 0 amide bonds. The standard InChI is InChI=1S/C59H55BN3Si/c1-58-35-17-18-36-59(58,2)63(52-34-32-48(40-49(52)58)64(3,4)5)47-38-55-57-56(39-47)62(46-30-27-43(28-31-46)41-19-9-6-10-20-41)54-33-29-44(42-21-11-7-12-22-42)37-51(54)60(57)50-25-15-16-26-53(50)61(55)45-23-13-8-14-24-45/h6-16,19-34,37-40,64H,17-18,35-36H2,1-5H3/q-1. The van der Waals surface area contributed by atoms with E-state index >= 15 is 0 Å². The summed E-state index contributed by atoms with van der Waals surface area (Å²) in [6.07, 6.45) is 4.85. The van der Waals surface area contributed by atoms with E-state index in [0.717, 1.165) is 12.1 Å². The van der Waals surface area contributed by atoms with Gasteiger partial charge in [-0.2, -0.15) is 0 Å². The van der Waals surface area contributed by atoms with E-state index in [4.69, 9.17) is 0 Å². The molecule has 3 nitrogen and oxygen atoms in total. The summed E-state index contributed by atoms with van der Waals surface area (Å²) in [5, 5.41) is 1.58. The van der Waals surface area contributed by atoms with E-state index in [1.54, 1.807) is 10.8 Å². The van der Waals surface area contributed by atoms with Gasteiger partial charge in [-0.3, -0.25) is 0 Å². The summed E-state index contributed by atoms with van der Waals surface area (Å²) in [6.45, 7) is 12.8. The van der Waals surface area contributed by atoms with E-state index in [-0.39, 0.29) is 17.7 Å². The molecule has 2 atom stereocenters. The summed E-state index contributed by atoms with van der Waals surface area (Å²) in [7, 11) is -1.90. The molecular weight excluding hydrogens is 790 g/mol. The number of fused-ring (bicyclic) bond motifs is 7. The Balaban J connectivity index is 1.16. The molecule has 5 heteroatoms. The SMILES string of the molecule is CC12CCCCC1(C)N(c1cc3c4c(c1)N(c1ccc(-c5ccccc5)cc1)c1ccc(-c5ccccc5)cc1B4c1ccccc1N3c1ccccc1)c1ccc([SiH-](C)(C)C)cc12. The van der Waals surface area contributed by atoms with Crippen molar-refractivity contribution in [3.05, 3.63) is 194 Å². The van der Waals surface area contributed by atoms with Crippen LogP contribution in [0.2, 0.25) is 19.6 Å². The molecule has 3 heterocycles. The summed E-state index contributed by atoms with van der Waals surface area (Å²) < 4.78 is 0. The first-order valence-corrected chi connectivity index (χ1v) is 27.7. The number of hydrogen-bond acceptors (Lipinski definition) is 3. The molecule has 2 unspecified atom stereocenters. The first-order valence-electron chi connectivity index (χ1n) is 23.6. The van der Waals surface area contributed by atoms with Gasteiger partial charge >= 0.3 is 288 Å². The van der Waals surface area contributed by atoms with Gasteiger partial charge in [0.25, 0.3) is 0 Å². The molecule has 0 bridgehead atoms. The predicted molar refractivity (Wildman–Crippen MR) is 279 cm³/mol. The Kier molecular flexibility index (Phi) is 8.84. The van der Waals surface area contributed by atoms with E-state index in [2.05, 4.69) is 236 Å². The zero-order chi connectivity index (χ0) is 43.4. The van der Waals surface area contributed by atoms with Gasteiger partial charge in [0.2, 0.25) is 0 Å². The molecule has 1 fully saturated rings. The molecule has 0 N–H and O–H groups in total. The van der Waals surface area contributed by atoms with Gasteiger partial charge in [-0.15, -0.1) is 0 Å². The fourth-order valence-corrected chi connectivity index (χ4v) is 13.5. The molecule has 4 aliphatic rings. The first-order chi connectivity index (χ1) is 31.1. The summed E-state index contributed by atoms with van der Waals surface area (Å²) in [5.74, 6) is 0. The van der Waals surface area contributed by atoms with Crippen LogP contribution in [0.3, 0.4) is 0 Å². The molecule has 1 aliphatic carbocycles. The minimum absolute atomic E-state index is 0.0233. The van der Waals surface area contributed by atoms with Gasteiger partial charge in [0, 0.05) is 0 Å². The quantitative estimate of drug-likeness (QED) is 0.154. The molecule has 12 rings (SSSR count). The number of benzene rings is 8. The number of para-hydroxylation sites is 2. The third-order valence-corrected chi connectivity index (χ3v) is 18.1. The molecule has 314 valence electrons. The van der Waals surface area contributed by atoms with Crippen LogP contribution in [-0.2, 0) is 5.41 Å². The molecule has 0 aromatic heterocycles. The number of hydrogen-bond donors (Lipinski definition) is 0. The summed E-state index contributed by atoms with van der Waals surface area (Å²) >= 11 is 0. The summed E-state index contributed by atoms with van der Waals surface area (Å²) in [6, 6.07) is 71.2. The van der Waals surface area contributed by atoms with Crippen molar-refractivity contribution in [2.75, 3.05) is 14.7 Å². The molecular formula is C59H55BN3Si-. The van der Waals surface area contributed by atoms with Gasteiger partial charge in [-0.05, 0) is 22.3 Å². The van der Waals surface area contributed by atoms with Crippen molar-refractivity contribution in [1.29, 1.82) is 0 Å². The fraction of sp³-hybridized carbons (Fsp3) is 0.186. The van der Waals surface area contributed by atoms with E-state index in [9.17, 15) is 0 Å². The van der Waals surface area contributed by atoms with Crippen molar-refractivity contribution in [2.24, 2.45) is 0 Å².